The molecule has 0 saturated carbocycles. The summed E-state index contributed by atoms with van der Waals surface area (Å²) in [4.78, 5) is 0. The summed E-state index contributed by atoms with van der Waals surface area (Å²) < 4.78 is 19.5. The first-order chi connectivity index (χ1) is 3.56. The van der Waals surface area contributed by atoms with E-state index in [0.29, 0.717) is 0 Å². The molecule has 0 aromatic heterocycles. The van der Waals surface area contributed by atoms with E-state index in [2.05, 4.69) is 5.32 Å². The SMILES string of the molecule is [2H]C([2H])([2H])[N]CCO. The first-order valence-electron chi connectivity index (χ1n) is 2.86. The maximum Gasteiger partial charge on any atom is 0.0572 e. The van der Waals surface area contributed by atoms with Gasteiger partial charge in [-0.3, -0.25) is 0 Å². The minimum atomic E-state index is -2.23. The van der Waals surface area contributed by atoms with Crippen LogP contribution in [-0.2, 0) is 0 Å². The van der Waals surface area contributed by atoms with Crippen molar-refractivity contribution in [2.24, 2.45) is 0 Å². The number of hydrogen-bond acceptors (Lipinski definition) is 1. The van der Waals surface area contributed by atoms with Crippen LogP contribution in [0.15, 0.2) is 0 Å². The van der Waals surface area contributed by atoms with Crippen molar-refractivity contribution in [3.8, 4) is 0 Å². The van der Waals surface area contributed by atoms with Crippen molar-refractivity contribution in [1.29, 1.82) is 0 Å². The molecular weight excluding hydrogens is 66.0 g/mol. The number of aliphatic hydroxyl groups excluding tert-OH is 1. The summed E-state index contributed by atoms with van der Waals surface area (Å²) in [5.74, 6) is 0. The Morgan fingerprint density at radius 3 is 3.20 bits per heavy atom. The molecule has 0 spiro atoms. The smallest absolute Gasteiger partial charge is 0.0572 e. The second-order valence-electron chi connectivity index (χ2n) is 0.605. The Hall–Kier alpha value is -0.0800. The first kappa shape index (κ1) is 1.58. The lowest BCUT2D eigenvalue weighted by Crippen LogP contribution is -2.02. The van der Waals surface area contributed by atoms with E-state index in [-0.39, 0.29) is 13.2 Å². The normalized spacial score (nSPS) is 19.8. The molecule has 5 heavy (non-hydrogen) atoms. The minimum absolute atomic E-state index is 0.00347. The molecule has 0 aliphatic rings. The zero-order chi connectivity index (χ0) is 6.62. The van der Waals surface area contributed by atoms with Crippen LogP contribution < -0.4 is 5.32 Å². The highest BCUT2D eigenvalue weighted by molar-refractivity contribution is 4.26. The van der Waals surface area contributed by atoms with Crippen molar-refractivity contribution >= 4 is 0 Å². The van der Waals surface area contributed by atoms with E-state index < -0.39 is 6.98 Å². The third-order valence-corrected chi connectivity index (χ3v) is 0.212. The topological polar surface area (TPSA) is 34.3 Å². The fraction of sp³-hybridized carbons (Fsp3) is 1.00. The molecule has 1 N–H and O–H groups in total. The Kier molecular flexibility index (Phi) is 1.24. The van der Waals surface area contributed by atoms with Crippen LogP contribution in [0.1, 0.15) is 4.11 Å². The number of nitrogens with zero attached hydrogens (tertiary/aromatic N) is 1. The van der Waals surface area contributed by atoms with Gasteiger partial charge in [0.05, 0.1) is 6.61 Å². The summed E-state index contributed by atoms with van der Waals surface area (Å²) in [6.45, 7) is -2.43. The van der Waals surface area contributed by atoms with Crippen LogP contribution in [0.5, 0.6) is 0 Å². The Morgan fingerprint density at radius 2 is 3.00 bits per heavy atom. The summed E-state index contributed by atoms with van der Waals surface area (Å²) in [7, 11) is 0. The van der Waals surface area contributed by atoms with Crippen LogP contribution >= 0.6 is 0 Å². The average molecular weight is 77.1 g/mol. The van der Waals surface area contributed by atoms with Crippen molar-refractivity contribution < 1.29 is 9.22 Å². The molecular formula is C3H8NO. The summed E-state index contributed by atoms with van der Waals surface area (Å²) in [6.07, 6.45) is 0. The van der Waals surface area contributed by atoms with Gasteiger partial charge < -0.3 is 5.11 Å². The lowest BCUT2D eigenvalue weighted by atomic mass is 10.7. The Morgan fingerprint density at radius 1 is 2.20 bits per heavy atom. The molecule has 0 aliphatic carbocycles. The van der Waals surface area contributed by atoms with Gasteiger partial charge in [-0.25, -0.2) is 5.32 Å². The number of aliphatic hydroxyl groups is 1. The van der Waals surface area contributed by atoms with E-state index in [9.17, 15) is 0 Å². The first-order valence-corrected chi connectivity index (χ1v) is 1.36. The molecule has 0 amide bonds. The fourth-order valence-electron chi connectivity index (χ4n) is 0.0500. The zero-order valence-corrected chi connectivity index (χ0v) is 2.81. The average Bonchev–Trinajstić information content (AvgIpc) is 1.59. The van der Waals surface area contributed by atoms with E-state index in [1.165, 1.54) is 0 Å². The third kappa shape index (κ3) is 3.92. The van der Waals surface area contributed by atoms with Gasteiger partial charge in [0.25, 0.3) is 0 Å². The summed E-state index contributed by atoms with van der Waals surface area (Å²) in [5.41, 5.74) is 0. The lowest BCUT2D eigenvalue weighted by Gasteiger charge is -1.81. The second-order valence-corrected chi connectivity index (χ2v) is 0.605. The van der Waals surface area contributed by atoms with Crippen LogP contribution in [0.25, 0.3) is 0 Å². The molecule has 0 rings (SSSR count). The molecule has 31 valence electrons. The Bertz CT molecular complexity index is 62.0. The fourth-order valence-corrected chi connectivity index (χ4v) is 0.0500. The predicted octanol–water partition coefficient (Wildman–Crippen LogP) is -0.787. The van der Waals surface area contributed by atoms with Crippen molar-refractivity contribution in [1.82, 2.24) is 5.32 Å². The molecule has 2 heteroatoms. The minimum Gasteiger partial charge on any atom is -0.395 e. The van der Waals surface area contributed by atoms with Gasteiger partial charge in [0.15, 0.2) is 0 Å². The molecule has 0 atom stereocenters. The van der Waals surface area contributed by atoms with Crippen molar-refractivity contribution in [3.05, 3.63) is 0 Å². The van der Waals surface area contributed by atoms with Crippen LogP contribution in [0.4, 0.5) is 0 Å². The van der Waals surface area contributed by atoms with Crippen LogP contribution in [0.3, 0.4) is 0 Å². The van der Waals surface area contributed by atoms with Gasteiger partial charge in [-0.05, 0) is 0 Å². The van der Waals surface area contributed by atoms with Gasteiger partial charge in [0.1, 0.15) is 0 Å². The van der Waals surface area contributed by atoms with Crippen LogP contribution in [0, 0.1) is 0 Å². The number of hydrogen-bond donors (Lipinski definition) is 1. The molecule has 0 aliphatic heterocycles. The van der Waals surface area contributed by atoms with Crippen LogP contribution in [0.2, 0.25) is 0 Å². The second kappa shape index (κ2) is 3.92. The third-order valence-electron chi connectivity index (χ3n) is 0.212. The standard InChI is InChI=1S/C3H8NO/c1-4-2-3-5/h5H,2-3H2,1H3/i1D3. The number of likely N-dealkylation sites (N-methyl/N-ethyl adjacent to an activating group) is 1. The molecule has 0 fully saturated rings. The monoisotopic (exact) mass is 77.1 g/mol. The molecule has 0 unspecified atom stereocenters. The highest BCUT2D eigenvalue weighted by Gasteiger charge is 1.68. The Labute approximate surface area is 36.0 Å². The summed E-state index contributed by atoms with van der Waals surface area (Å²) in [6, 6.07) is 0. The molecule has 0 aromatic rings. The molecule has 0 saturated heterocycles. The predicted molar refractivity (Wildman–Crippen MR) is 20.0 cm³/mol. The Balaban J connectivity index is 3.11. The van der Waals surface area contributed by atoms with E-state index in [4.69, 9.17) is 9.22 Å². The molecule has 0 aromatic carbocycles. The zero-order valence-electron chi connectivity index (χ0n) is 5.81. The van der Waals surface area contributed by atoms with Gasteiger partial charge in [-0.15, -0.1) is 0 Å². The maximum atomic E-state index is 8.09. The quantitative estimate of drug-likeness (QED) is 0.460. The van der Waals surface area contributed by atoms with E-state index in [0.717, 1.165) is 0 Å². The summed E-state index contributed by atoms with van der Waals surface area (Å²) in [5, 5.41) is 11.2. The van der Waals surface area contributed by atoms with E-state index in [1.54, 1.807) is 0 Å². The van der Waals surface area contributed by atoms with Crippen molar-refractivity contribution in [2.75, 3.05) is 20.1 Å². The van der Waals surface area contributed by atoms with Crippen molar-refractivity contribution in [3.63, 3.8) is 0 Å². The number of rotatable bonds is 2. The van der Waals surface area contributed by atoms with Crippen LogP contribution in [-0.4, -0.2) is 25.2 Å². The van der Waals surface area contributed by atoms with Crippen molar-refractivity contribution in [2.45, 2.75) is 0 Å². The molecule has 2 nitrogen and oxygen atoms in total. The maximum absolute atomic E-state index is 8.09. The van der Waals surface area contributed by atoms with E-state index in [1.807, 2.05) is 0 Å². The molecule has 1 radical (unpaired) electrons. The largest absolute Gasteiger partial charge is 0.395 e. The van der Waals surface area contributed by atoms with Gasteiger partial charge in [-0.1, -0.05) is 0 Å². The lowest BCUT2D eigenvalue weighted by molar-refractivity contribution is 0.295. The highest BCUT2D eigenvalue weighted by atomic mass is 16.3. The van der Waals surface area contributed by atoms with Gasteiger partial charge in [-0.2, -0.15) is 0 Å². The van der Waals surface area contributed by atoms with Gasteiger partial charge in [0, 0.05) is 17.6 Å². The molecule has 0 heterocycles. The van der Waals surface area contributed by atoms with E-state index >= 15 is 0 Å². The summed E-state index contributed by atoms with van der Waals surface area (Å²) >= 11 is 0. The molecule has 0 bridgehead atoms. The van der Waals surface area contributed by atoms with Gasteiger partial charge >= 0.3 is 0 Å². The van der Waals surface area contributed by atoms with Gasteiger partial charge in [0.2, 0.25) is 0 Å². The highest BCUT2D eigenvalue weighted by Crippen LogP contribution is 1.46.